The van der Waals surface area contributed by atoms with Crippen molar-refractivity contribution >= 4 is 5.69 Å². The molecule has 2 N–H and O–H groups in total. The summed E-state index contributed by atoms with van der Waals surface area (Å²) in [6, 6.07) is 9.08. The Morgan fingerprint density at radius 1 is 1.26 bits per heavy atom. The van der Waals surface area contributed by atoms with Crippen LogP contribution in [0.2, 0.25) is 0 Å². The molecular formula is C16H26N2O. The number of benzene rings is 1. The molecule has 0 saturated carbocycles. The zero-order valence-corrected chi connectivity index (χ0v) is 11.9. The average molecular weight is 262 g/mol. The van der Waals surface area contributed by atoms with Crippen LogP contribution in [-0.4, -0.2) is 30.8 Å². The smallest absolute Gasteiger partial charge is 0.0635 e. The van der Waals surface area contributed by atoms with Gasteiger partial charge in [0.1, 0.15) is 0 Å². The minimum atomic E-state index is 0.264. The molecule has 1 aromatic rings. The summed E-state index contributed by atoms with van der Waals surface area (Å²) in [5.41, 5.74) is 2.58. The fourth-order valence-corrected chi connectivity index (χ4v) is 2.75. The SMILES string of the molecule is CCCNCc1ccc(N2CCCCC2CO)cc1. The van der Waals surface area contributed by atoms with E-state index in [9.17, 15) is 5.11 Å². The Labute approximate surface area is 116 Å². The first kappa shape index (κ1) is 14.4. The van der Waals surface area contributed by atoms with Crippen LogP contribution in [0.1, 0.15) is 38.2 Å². The van der Waals surface area contributed by atoms with E-state index in [0.29, 0.717) is 6.04 Å². The van der Waals surface area contributed by atoms with Crippen LogP contribution in [0.4, 0.5) is 5.69 Å². The van der Waals surface area contributed by atoms with Crippen LogP contribution in [0, 0.1) is 0 Å². The number of rotatable bonds is 6. The molecule has 19 heavy (non-hydrogen) atoms. The first-order valence-corrected chi connectivity index (χ1v) is 7.52. The number of hydrogen-bond donors (Lipinski definition) is 2. The van der Waals surface area contributed by atoms with E-state index < -0.39 is 0 Å². The highest BCUT2D eigenvalue weighted by Gasteiger charge is 2.21. The second kappa shape index (κ2) is 7.51. The Hall–Kier alpha value is -1.06. The van der Waals surface area contributed by atoms with E-state index in [1.54, 1.807) is 0 Å². The first-order chi connectivity index (χ1) is 9.35. The Bertz CT molecular complexity index is 364. The molecule has 2 rings (SSSR count). The van der Waals surface area contributed by atoms with Crippen molar-refractivity contribution < 1.29 is 5.11 Å². The van der Waals surface area contributed by atoms with Crippen LogP contribution in [-0.2, 0) is 6.54 Å². The number of aliphatic hydroxyl groups is 1. The number of hydrogen-bond acceptors (Lipinski definition) is 3. The van der Waals surface area contributed by atoms with E-state index in [4.69, 9.17) is 0 Å². The van der Waals surface area contributed by atoms with Crippen molar-refractivity contribution in [3.8, 4) is 0 Å². The number of nitrogens with one attached hydrogen (secondary N) is 1. The summed E-state index contributed by atoms with van der Waals surface area (Å²) in [5, 5.41) is 12.9. The fourth-order valence-electron chi connectivity index (χ4n) is 2.75. The second-order valence-electron chi connectivity index (χ2n) is 5.37. The van der Waals surface area contributed by atoms with Gasteiger partial charge < -0.3 is 15.3 Å². The molecule has 0 bridgehead atoms. The van der Waals surface area contributed by atoms with Crippen LogP contribution in [0.15, 0.2) is 24.3 Å². The van der Waals surface area contributed by atoms with Crippen molar-refractivity contribution in [3.63, 3.8) is 0 Å². The normalized spacial score (nSPS) is 19.7. The molecule has 3 heteroatoms. The molecule has 1 aliphatic heterocycles. The van der Waals surface area contributed by atoms with Crippen LogP contribution in [0.5, 0.6) is 0 Å². The van der Waals surface area contributed by atoms with Gasteiger partial charge in [0.15, 0.2) is 0 Å². The molecule has 0 radical (unpaired) electrons. The summed E-state index contributed by atoms with van der Waals surface area (Å²) in [4.78, 5) is 2.35. The zero-order chi connectivity index (χ0) is 13.5. The first-order valence-electron chi connectivity index (χ1n) is 7.52. The van der Waals surface area contributed by atoms with Gasteiger partial charge in [-0.3, -0.25) is 0 Å². The molecule has 0 aliphatic carbocycles. The Morgan fingerprint density at radius 2 is 2.05 bits per heavy atom. The molecule has 1 aromatic carbocycles. The zero-order valence-electron chi connectivity index (χ0n) is 11.9. The van der Waals surface area contributed by atoms with Gasteiger partial charge in [-0.15, -0.1) is 0 Å². The van der Waals surface area contributed by atoms with Gasteiger partial charge >= 0.3 is 0 Å². The molecule has 1 aliphatic rings. The summed E-state index contributed by atoms with van der Waals surface area (Å²) >= 11 is 0. The van der Waals surface area contributed by atoms with Gasteiger partial charge in [0.05, 0.1) is 12.6 Å². The van der Waals surface area contributed by atoms with Gasteiger partial charge in [0.2, 0.25) is 0 Å². The van der Waals surface area contributed by atoms with Gasteiger partial charge in [0, 0.05) is 18.8 Å². The second-order valence-corrected chi connectivity index (χ2v) is 5.37. The van der Waals surface area contributed by atoms with E-state index >= 15 is 0 Å². The van der Waals surface area contributed by atoms with Gasteiger partial charge in [-0.2, -0.15) is 0 Å². The highest BCUT2D eigenvalue weighted by molar-refractivity contribution is 5.49. The predicted octanol–water partition coefficient (Wildman–Crippen LogP) is 2.54. The van der Waals surface area contributed by atoms with Crippen molar-refractivity contribution in [2.45, 2.75) is 45.2 Å². The Balaban J connectivity index is 1.96. The summed E-state index contributed by atoms with van der Waals surface area (Å²) in [6.45, 7) is 5.53. The Kier molecular flexibility index (Phi) is 5.67. The van der Waals surface area contributed by atoms with Crippen LogP contribution in [0.3, 0.4) is 0 Å². The topological polar surface area (TPSA) is 35.5 Å². The van der Waals surface area contributed by atoms with E-state index in [1.165, 1.54) is 30.5 Å². The third-order valence-electron chi connectivity index (χ3n) is 3.86. The molecule has 1 fully saturated rings. The lowest BCUT2D eigenvalue weighted by atomic mass is 10.0. The quantitative estimate of drug-likeness (QED) is 0.773. The summed E-state index contributed by atoms with van der Waals surface area (Å²) in [5.74, 6) is 0. The summed E-state index contributed by atoms with van der Waals surface area (Å²) in [6.07, 6.45) is 4.75. The molecule has 1 atom stereocenters. The van der Waals surface area contributed by atoms with Gasteiger partial charge in [0.25, 0.3) is 0 Å². The van der Waals surface area contributed by atoms with E-state index in [1.807, 2.05) is 0 Å². The van der Waals surface area contributed by atoms with Crippen molar-refractivity contribution in [2.75, 3.05) is 24.6 Å². The molecule has 3 nitrogen and oxygen atoms in total. The maximum atomic E-state index is 9.47. The lowest BCUT2D eigenvalue weighted by molar-refractivity contribution is 0.240. The standard InChI is InChI=1S/C16H26N2O/c1-2-10-17-12-14-6-8-15(9-7-14)18-11-4-3-5-16(18)13-19/h6-9,16-17,19H,2-5,10-13H2,1H3. The highest BCUT2D eigenvalue weighted by atomic mass is 16.3. The molecular weight excluding hydrogens is 236 g/mol. The van der Waals surface area contributed by atoms with Crippen LogP contribution >= 0.6 is 0 Å². The third kappa shape index (κ3) is 3.95. The van der Waals surface area contributed by atoms with Crippen molar-refractivity contribution in [1.29, 1.82) is 0 Å². The summed E-state index contributed by atoms with van der Waals surface area (Å²) in [7, 11) is 0. The Morgan fingerprint density at radius 3 is 2.74 bits per heavy atom. The van der Waals surface area contributed by atoms with Crippen molar-refractivity contribution in [1.82, 2.24) is 5.32 Å². The molecule has 106 valence electrons. The molecule has 1 unspecified atom stereocenters. The van der Waals surface area contributed by atoms with Crippen molar-refractivity contribution in [3.05, 3.63) is 29.8 Å². The van der Waals surface area contributed by atoms with Gasteiger partial charge in [-0.25, -0.2) is 0 Å². The lowest BCUT2D eigenvalue weighted by Gasteiger charge is -2.36. The average Bonchev–Trinajstić information content (AvgIpc) is 2.48. The third-order valence-corrected chi connectivity index (χ3v) is 3.86. The largest absolute Gasteiger partial charge is 0.394 e. The number of nitrogens with zero attached hydrogens (tertiary/aromatic N) is 1. The maximum Gasteiger partial charge on any atom is 0.0635 e. The number of anilines is 1. The maximum absolute atomic E-state index is 9.47. The highest BCUT2D eigenvalue weighted by Crippen LogP contribution is 2.24. The van der Waals surface area contributed by atoms with E-state index in [2.05, 4.69) is 41.4 Å². The monoisotopic (exact) mass is 262 g/mol. The van der Waals surface area contributed by atoms with Gasteiger partial charge in [-0.1, -0.05) is 19.1 Å². The molecule has 1 saturated heterocycles. The number of aliphatic hydroxyl groups excluding tert-OH is 1. The van der Waals surface area contributed by atoms with Crippen molar-refractivity contribution in [2.24, 2.45) is 0 Å². The minimum absolute atomic E-state index is 0.264. The molecule has 0 spiro atoms. The van der Waals surface area contributed by atoms with E-state index in [-0.39, 0.29) is 6.61 Å². The molecule has 0 aromatic heterocycles. The predicted molar refractivity (Wildman–Crippen MR) is 80.5 cm³/mol. The van der Waals surface area contributed by atoms with Gasteiger partial charge in [-0.05, 0) is 49.9 Å². The van der Waals surface area contributed by atoms with Crippen LogP contribution in [0.25, 0.3) is 0 Å². The lowest BCUT2D eigenvalue weighted by Crippen LogP contribution is -2.41. The molecule has 1 heterocycles. The van der Waals surface area contributed by atoms with E-state index in [0.717, 1.165) is 26.1 Å². The minimum Gasteiger partial charge on any atom is -0.394 e. The fraction of sp³-hybridized carbons (Fsp3) is 0.625. The van der Waals surface area contributed by atoms with Crippen LogP contribution < -0.4 is 10.2 Å². The molecule has 0 amide bonds. The summed E-state index contributed by atoms with van der Waals surface area (Å²) < 4.78 is 0. The number of piperidine rings is 1.